The number of unbranched alkanes of at least 4 members (excludes halogenated alkanes) is 4. The van der Waals surface area contributed by atoms with E-state index in [1.807, 2.05) is 24.3 Å². The Bertz CT molecular complexity index is 658. The van der Waals surface area contributed by atoms with E-state index in [0.29, 0.717) is 5.92 Å². The molecule has 0 aromatic heterocycles. The van der Waals surface area contributed by atoms with Crippen LogP contribution in [0.3, 0.4) is 0 Å². The fourth-order valence-electron chi connectivity index (χ4n) is 3.55. The van der Waals surface area contributed by atoms with E-state index in [0.717, 1.165) is 16.5 Å². The summed E-state index contributed by atoms with van der Waals surface area (Å²) in [6, 6.07) is 16.0. The van der Waals surface area contributed by atoms with Crippen LogP contribution >= 0.6 is 11.6 Å². The maximum absolute atomic E-state index is 5.93. The molecule has 2 nitrogen and oxygen atoms in total. The molecule has 0 amide bonds. The number of halogens is 1. The molecule has 0 N–H and O–H groups in total. The lowest BCUT2D eigenvalue weighted by Gasteiger charge is -2.24. The van der Waals surface area contributed by atoms with Gasteiger partial charge in [-0.15, -0.1) is 0 Å². The van der Waals surface area contributed by atoms with Crippen molar-refractivity contribution in [1.29, 1.82) is 0 Å². The van der Waals surface area contributed by atoms with Crippen LogP contribution in [-0.4, -0.2) is 24.5 Å². The standard InChI is InChI=1S/C26H38ClNO/c1-4-6-8-19-28(20-9-7-5-2)21-18-22(3)23-10-14-25(15-11-23)29-26-16-12-24(27)13-17-26/h10-17,22H,4-9,18-21H2,1-3H3. The number of ether oxygens (including phenoxy) is 1. The lowest BCUT2D eigenvalue weighted by Crippen LogP contribution is -2.28. The minimum Gasteiger partial charge on any atom is -0.457 e. The zero-order valence-electron chi connectivity index (χ0n) is 18.5. The average Bonchev–Trinajstić information content (AvgIpc) is 2.74. The Hall–Kier alpha value is -1.51. The third-order valence-electron chi connectivity index (χ3n) is 5.53. The first-order valence-electron chi connectivity index (χ1n) is 11.4. The van der Waals surface area contributed by atoms with Crippen molar-refractivity contribution in [2.75, 3.05) is 19.6 Å². The van der Waals surface area contributed by atoms with Gasteiger partial charge in [0.05, 0.1) is 0 Å². The van der Waals surface area contributed by atoms with Gasteiger partial charge >= 0.3 is 0 Å². The highest BCUT2D eigenvalue weighted by Gasteiger charge is 2.10. The van der Waals surface area contributed by atoms with Gasteiger partial charge < -0.3 is 9.64 Å². The summed E-state index contributed by atoms with van der Waals surface area (Å²) in [7, 11) is 0. The van der Waals surface area contributed by atoms with Crippen molar-refractivity contribution in [3.63, 3.8) is 0 Å². The first-order valence-corrected chi connectivity index (χ1v) is 11.8. The Morgan fingerprint density at radius 1 is 0.759 bits per heavy atom. The van der Waals surface area contributed by atoms with Crippen molar-refractivity contribution in [2.45, 2.75) is 71.6 Å². The van der Waals surface area contributed by atoms with Crippen LogP contribution in [0.5, 0.6) is 11.5 Å². The predicted octanol–water partition coefficient (Wildman–Crippen LogP) is 8.31. The molecule has 1 unspecified atom stereocenters. The van der Waals surface area contributed by atoms with Gasteiger partial charge in [-0.05, 0) is 86.8 Å². The summed E-state index contributed by atoms with van der Waals surface area (Å²) in [5.41, 5.74) is 1.38. The number of benzene rings is 2. The van der Waals surface area contributed by atoms with Crippen molar-refractivity contribution in [2.24, 2.45) is 0 Å². The van der Waals surface area contributed by atoms with E-state index >= 15 is 0 Å². The van der Waals surface area contributed by atoms with Gasteiger partial charge in [0.15, 0.2) is 0 Å². The van der Waals surface area contributed by atoms with E-state index < -0.39 is 0 Å². The molecule has 2 aromatic carbocycles. The molecular weight excluding hydrogens is 378 g/mol. The molecule has 2 aromatic rings. The summed E-state index contributed by atoms with van der Waals surface area (Å²) in [5, 5.41) is 0.722. The second-order valence-electron chi connectivity index (χ2n) is 8.07. The van der Waals surface area contributed by atoms with Crippen LogP contribution in [0.25, 0.3) is 0 Å². The Kier molecular flexibility index (Phi) is 11.2. The number of hydrogen-bond acceptors (Lipinski definition) is 2. The summed E-state index contributed by atoms with van der Waals surface area (Å²) in [6.07, 6.45) is 9.13. The molecule has 29 heavy (non-hydrogen) atoms. The molecule has 0 saturated carbocycles. The average molecular weight is 416 g/mol. The highest BCUT2D eigenvalue weighted by Crippen LogP contribution is 2.26. The normalized spacial score (nSPS) is 12.3. The Morgan fingerprint density at radius 2 is 1.28 bits per heavy atom. The lowest BCUT2D eigenvalue weighted by molar-refractivity contribution is 0.253. The van der Waals surface area contributed by atoms with Crippen LogP contribution < -0.4 is 4.74 Å². The van der Waals surface area contributed by atoms with Crippen molar-refractivity contribution < 1.29 is 4.74 Å². The van der Waals surface area contributed by atoms with Gasteiger partial charge in [-0.25, -0.2) is 0 Å². The van der Waals surface area contributed by atoms with E-state index in [1.54, 1.807) is 0 Å². The van der Waals surface area contributed by atoms with Gasteiger partial charge in [-0.2, -0.15) is 0 Å². The fraction of sp³-hybridized carbons (Fsp3) is 0.538. The summed E-state index contributed by atoms with van der Waals surface area (Å²) >= 11 is 5.93. The molecule has 0 radical (unpaired) electrons. The van der Waals surface area contributed by atoms with Crippen LogP contribution in [0.4, 0.5) is 0 Å². The van der Waals surface area contributed by atoms with E-state index in [2.05, 4.69) is 49.9 Å². The summed E-state index contributed by atoms with van der Waals surface area (Å²) in [4.78, 5) is 2.68. The van der Waals surface area contributed by atoms with Crippen LogP contribution in [0.1, 0.15) is 77.2 Å². The fourth-order valence-corrected chi connectivity index (χ4v) is 3.68. The van der Waals surface area contributed by atoms with Gasteiger partial charge in [-0.1, -0.05) is 70.2 Å². The maximum atomic E-state index is 5.93. The Balaban J connectivity index is 1.84. The first kappa shape index (κ1) is 23.8. The second-order valence-corrected chi connectivity index (χ2v) is 8.51. The molecule has 3 heteroatoms. The monoisotopic (exact) mass is 415 g/mol. The SMILES string of the molecule is CCCCCN(CCCCC)CCC(C)c1ccc(Oc2ccc(Cl)cc2)cc1. The minimum absolute atomic E-state index is 0.555. The van der Waals surface area contributed by atoms with Crippen LogP contribution in [0.2, 0.25) is 5.02 Å². The molecule has 2 rings (SSSR count). The molecule has 1 atom stereocenters. The summed E-state index contributed by atoms with van der Waals surface area (Å²) in [6.45, 7) is 10.6. The number of hydrogen-bond donors (Lipinski definition) is 0. The molecule has 0 spiro atoms. The lowest BCUT2D eigenvalue weighted by atomic mass is 9.97. The molecule has 0 heterocycles. The predicted molar refractivity (Wildman–Crippen MR) is 126 cm³/mol. The van der Waals surface area contributed by atoms with Crippen LogP contribution in [0, 0.1) is 0 Å². The van der Waals surface area contributed by atoms with Crippen molar-refractivity contribution >= 4 is 11.6 Å². The maximum Gasteiger partial charge on any atom is 0.127 e. The highest BCUT2D eigenvalue weighted by molar-refractivity contribution is 6.30. The molecule has 160 valence electrons. The van der Waals surface area contributed by atoms with Gasteiger partial charge in [0, 0.05) is 5.02 Å². The Labute approximate surface area is 183 Å². The number of rotatable bonds is 14. The van der Waals surface area contributed by atoms with E-state index in [1.165, 1.54) is 70.1 Å². The molecule has 0 bridgehead atoms. The quantitative estimate of drug-likeness (QED) is 0.287. The van der Waals surface area contributed by atoms with Crippen LogP contribution in [0.15, 0.2) is 48.5 Å². The molecule has 0 saturated heterocycles. The summed E-state index contributed by atoms with van der Waals surface area (Å²) < 4.78 is 5.91. The third-order valence-corrected chi connectivity index (χ3v) is 5.78. The first-order chi connectivity index (χ1) is 14.1. The van der Waals surface area contributed by atoms with Crippen molar-refractivity contribution in [3.8, 4) is 11.5 Å². The van der Waals surface area contributed by atoms with Crippen molar-refractivity contribution in [1.82, 2.24) is 4.90 Å². The summed E-state index contributed by atoms with van der Waals surface area (Å²) in [5.74, 6) is 2.23. The Morgan fingerprint density at radius 3 is 1.79 bits per heavy atom. The van der Waals surface area contributed by atoms with E-state index in [4.69, 9.17) is 16.3 Å². The third kappa shape index (κ3) is 9.23. The smallest absolute Gasteiger partial charge is 0.127 e. The molecule has 0 fully saturated rings. The van der Waals surface area contributed by atoms with Crippen molar-refractivity contribution in [3.05, 3.63) is 59.1 Å². The molecule has 0 aliphatic carbocycles. The topological polar surface area (TPSA) is 12.5 Å². The minimum atomic E-state index is 0.555. The molecular formula is C26H38ClNO. The van der Waals surface area contributed by atoms with Gasteiger partial charge in [0.25, 0.3) is 0 Å². The largest absolute Gasteiger partial charge is 0.457 e. The second kappa shape index (κ2) is 13.7. The molecule has 0 aliphatic heterocycles. The van der Waals surface area contributed by atoms with E-state index in [9.17, 15) is 0 Å². The van der Waals surface area contributed by atoms with E-state index in [-0.39, 0.29) is 0 Å². The zero-order valence-corrected chi connectivity index (χ0v) is 19.3. The van der Waals surface area contributed by atoms with Gasteiger partial charge in [0.1, 0.15) is 11.5 Å². The van der Waals surface area contributed by atoms with Gasteiger partial charge in [0.2, 0.25) is 0 Å². The van der Waals surface area contributed by atoms with Gasteiger partial charge in [-0.3, -0.25) is 0 Å². The molecule has 0 aliphatic rings. The zero-order chi connectivity index (χ0) is 20.9. The highest BCUT2D eigenvalue weighted by atomic mass is 35.5. The number of nitrogens with zero attached hydrogens (tertiary/aromatic N) is 1. The van der Waals surface area contributed by atoms with Crippen LogP contribution in [-0.2, 0) is 0 Å².